The van der Waals surface area contributed by atoms with Gasteiger partial charge in [-0.05, 0) is 25.7 Å². The molecule has 110 valence electrons. The molecule has 21 heavy (non-hydrogen) atoms. The van der Waals surface area contributed by atoms with Gasteiger partial charge in [0.25, 0.3) is 0 Å². The summed E-state index contributed by atoms with van der Waals surface area (Å²) in [5.74, 6) is 1.26. The number of H-pyrrole nitrogens is 1. The number of hydrogen-bond donors (Lipinski definition) is 2. The Labute approximate surface area is 122 Å². The average molecular weight is 286 g/mol. The fourth-order valence-electron chi connectivity index (χ4n) is 2.89. The molecule has 4 rings (SSSR count). The molecule has 3 heterocycles. The first-order chi connectivity index (χ1) is 10.3. The van der Waals surface area contributed by atoms with E-state index in [1.54, 1.807) is 12.7 Å². The van der Waals surface area contributed by atoms with Gasteiger partial charge in [0.1, 0.15) is 11.8 Å². The minimum absolute atomic E-state index is 0.140. The topological polar surface area (TPSA) is 86.8 Å². The molecule has 1 aliphatic carbocycles. The molecule has 2 aliphatic rings. The number of fused-ring (bicyclic) bond motifs is 1. The van der Waals surface area contributed by atoms with Crippen LogP contribution < -0.4 is 10.2 Å². The Hall–Kier alpha value is -2.18. The third kappa shape index (κ3) is 2.43. The van der Waals surface area contributed by atoms with Crippen LogP contribution in [0.4, 0.5) is 5.82 Å². The van der Waals surface area contributed by atoms with Crippen LogP contribution in [0.15, 0.2) is 12.7 Å². The van der Waals surface area contributed by atoms with Crippen molar-refractivity contribution >= 4 is 22.9 Å². The summed E-state index contributed by atoms with van der Waals surface area (Å²) in [6.45, 7) is 1.68. The molecule has 2 N–H and O–H groups in total. The Kier molecular flexibility index (Phi) is 2.98. The Morgan fingerprint density at radius 3 is 2.76 bits per heavy atom. The van der Waals surface area contributed by atoms with Crippen LogP contribution in [0.25, 0.3) is 11.2 Å². The molecule has 1 saturated heterocycles. The highest BCUT2D eigenvalue weighted by Crippen LogP contribution is 2.27. The van der Waals surface area contributed by atoms with Crippen molar-refractivity contribution in [2.45, 2.75) is 31.7 Å². The van der Waals surface area contributed by atoms with Gasteiger partial charge in [-0.1, -0.05) is 0 Å². The molecule has 0 atom stereocenters. The van der Waals surface area contributed by atoms with Gasteiger partial charge in [0.2, 0.25) is 5.91 Å². The summed E-state index contributed by atoms with van der Waals surface area (Å²) >= 11 is 0. The van der Waals surface area contributed by atoms with Crippen molar-refractivity contribution in [3.63, 3.8) is 0 Å². The molecule has 1 amide bonds. The largest absolute Gasteiger partial charge is 0.355 e. The standard InChI is InChI=1S/C14H18N6O/c21-14(19-10-1-2-10)9-3-5-20(6-4-9)13-11-12(16-7-15-11)17-8-18-13/h7-10H,1-6H2,(H,19,21)(H,15,16,17,18). The van der Waals surface area contributed by atoms with Gasteiger partial charge in [-0.2, -0.15) is 0 Å². The fraction of sp³-hybridized carbons (Fsp3) is 0.571. The summed E-state index contributed by atoms with van der Waals surface area (Å²) in [5.41, 5.74) is 1.56. The van der Waals surface area contributed by atoms with Crippen LogP contribution in [0.2, 0.25) is 0 Å². The number of hydrogen-bond acceptors (Lipinski definition) is 5. The summed E-state index contributed by atoms with van der Waals surface area (Å²) in [7, 11) is 0. The normalized spacial score (nSPS) is 19.9. The Balaban J connectivity index is 1.44. The number of carbonyl (C=O) groups excluding carboxylic acids is 1. The lowest BCUT2D eigenvalue weighted by Gasteiger charge is -2.32. The van der Waals surface area contributed by atoms with Crippen molar-refractivity contribution in [2.75, 3.05) is 18.0 Å². The van der Waals surface area contributed by atoms with E-state index < -0.39 is 0 Å². The zero-order valence-electron chi connectivity index (χ0n) is 11.7. The third-order valence-electron chi connectivity index (χ3n) is 4.29. The molecular weight excluding hydrogens is 268 g/mol. The average Bonchev–Trinajstić information content (AvgIpc) is 3.20. The van der Waals surface area contributed by atoms with Crippen LogP contribution in [-0.2, 0) is 4.79 Å². The maximum atomic E-state index is 12.1. The molecule has 1 aliphatic heterocycles. The maximum Gasteiger partial charge on any atom is 0.223 e. The van der Waals surface area contributed by atoms with E-state index in [9.17, 15) is 4.79 Å². The van der Waals surface area contributed by atoms with E-state index in [-0.39, 0.29) is 11.8 Å². The van der Waals surface area contributed by atoms with Crippen LogP contribution in [0.5, 0.6) is 0 Å². The summed E-state index contributed by atoms with van der Waals surface area (Å²) in [6, 6.07) is 0.446. The van der Waals surface area contributed by atoms with Gasteiger partial charge in [0, 0.05) is 25.0 Å². The summed E-state index contributed by atoms with van der Waals surface area (Å²) in [5, 5.41) is 3.10. The van der Waals surface area contributed by atoms with Crippen LogP contribution in [0.3, 0.4) is 0 Å². The third-order valence-corrected chi connectivity index (χ3v) is 4.29. The molecule has 0 bridgehead atoms. The van der Waals surface area contributed by atoms with E-state index >= 15 is 0 Å². The van der Waals surface area contributed by atoms with Gasteiger partial charge in [0.15, 0.2) is 11.5 Å². The first kappa shape index (κ1) is 12.6. The van der Waals surface area contributed by atoms with E-state index in [4.69, 9.17) is 0 Å². The van der Waals surface area contributed by atoms with Gasteiger partial charge < -0.3 is 15.2 Å². The number of nitrogens with zero attached hydrogens (tertiary/aromatic N) is 4. The maximum absolute atomic E-state index is 12.1. The van der Waals surface area contributed by atoms with E-state index in [0.29, 0.717) is 11.7 Å². The molecule has 0 radical (unpaired) electrons. The van der Waals surface area contributed by atoms with Crippen LogP contribution >= 0.6 is 0 Å². The number of piperidine rings is 1. The van der Waals surface area contributed by atoms with Crippen molar-refractivity contribution in [3.05, 3.63) is 12.7 Å². The van der Waals surface area contributed by atoms with Gasteiger partial charge in [-0.25, -0.2) is 15.0 Å². The Bertz CT molecular complexity index is 656. The summed E-state index contributed by atoms with van der Waals surface area (Å²) in [4.78, 5) is 30.1. The SMILES string of the molecule is O=C(NC1CC1)C1CCN(c2ncnc3nc[nH]c23)CC1. The minimum atomic E-state index is 0.140. The van der Waals surface area contributed by atoms with Crippen molar-refractivity contribution in [1.82, 2.24) is 25.3 Å². The zero-order valence-corrected chi connectivity index (χ0v) is 11.7. The Morgan fingerprint density at radius 2 is 2.00 bits per heavy atom. The minimum Gasteiger partial charge on any atom is -0.355 e. The van der Waals surface area contributed by atoms with Crippen LogP contribution in [0.1, 0.15) is 25.7 Å². The molecule has 0 unspecified atom stereocenters. The lowest BCUT2D eigenvalue weighted by Crippen LogP contribution is -2.41. The monoisotopic (exact) mass is 286 g/mol. The summed E-state index contributed by atoms with van der Waals surface area (Å²) in [6.07, 6.45) is 7.21. The molecular formula is C14H18N6O. The second-order valence-electron chi connectivity index (χ2n) is 5.84. The number of rotatable bonds is 3. The number of anilines is 1. The van der Waals surface area contributed by atoms with Crippen molar-refractivity contribution < 1.29 is 4.79 Å². The number of aromatic nitrogens is 4. The molecule has 2 aromatic heterocycles. The van der Waals surface area contributed by atoms with Crippen LogP contribution in [-0.4, -0.2) is 45.0 Å². The van der Waals surface area contributed by atoms with Gasteiger partial charge in [0.05, 0.1) is 6.33 Å². The van der Waals surface area contributed by atoms with E-state index in [1.807, 2.05) is 0 Å². The lowest BCUT2D eigenvalue weighted by atomic mass is 9.96. The molecule has 1 saturated carbocycles. The van der Waals surface area contributed by atoms with Gasteiger partial charge in [-0.15, -0.1) is 0 Å². The number of imidazole rings is 1. The highest BCUT2D eigenvalue weighted by atomic mass is 16.2. The Morgan fingerprint density at radius 1 is 1.19 bits per heavy atom. The number of carbonyl (C=O) groups is 1. The van der Waals surface area contributed by atoms with Gasteiger partial charge >= 0.3 is 0 Å². The quantitative estimate of drug-likeness (QED) is 0.873. The van der Waals surface area contributed by atoms with E-state index in [2.05, 4.69) is 30.2 Å². The highest BCUT2D eigenvalue weighted by Gasteiger charge is 2.30. The molecule has 0 spiro atoms. The fourth-order valence-corrected chi connectivity index (χ4v) is 2.89. The first-order valence-electron chi connectivity index (χ1n) is 7.50. The molecule has 7 heteroatoms. The second kappa shape index (κ2) is 4.98. The summed E-state index contributed by atoms with van der Waals surface area (Å²) < 4.78 is 0. The predicted octanol–water partition coefficient (Wildman–Crippen LogP) is 0.848. The number of aromatic amines is 1. The van der Waals surface area contributed by atoms with E-state index in [1.165, 1.54) is 0 Å². The van der Waals surface area contributed by atoms with Crippen molar-refractivity contribution in [3.8, 4) is 0 Å². The zero-order chi connectivity index (χ0) is 14.2. The smallest absolute Gasteiger partial charge is 0.223 e. The van der Waals surface area contributed by atoms with Gasteiger partial charge in [-0.3, -0.25) is 4.79 Å². The van der Waals surface area contributed by atoms with Crippen molar-refractivity contribution in [1.29, 1.82) is 0 Å². The molecule has 2 fully saturated rings. The molecule has 2 aromatic rings. The number of amides is 1. The molecule has 0 aromatic carbocycles. The van der Waals surface area contributed by atoms with Crippen molar-refractivity contribution in [2.24, 2.45) is 5.92 Å². The molecule has 7 nitrogen and oxygen atoms in total. The second-order valence-corrected chi connectivity index (χ2v) is 5.84. The van der Waals surface area contributed by atoms with E-state index in [0.717, 1.165) is 50.1 Å². The number of nitrogens with one attached hydrogen (secondary N) is 2. The lowest BCUT2D eigenvalue weighted by molar-refractivity contribution is -0.125. The van der Waals surface area contributed by atoms with Crippen LogP contribution in [0, 0.1) is 5.92 Å². The highest BCUT2D eigenvalue weighted by molar-refractivity contribution is 5.83. The first-order valence-corrected chi connectivity index (χ1v) is 7.50. The predicted molar refractivity (Wildman–Crippen MR) is 77.8 cm³/mol.